The van der Waals surface area contributed by atoms with Gasteiger partial charge in [0.2, 0.25) is 0 Å². The minimum absolute atomic E-state index is 0.319. The number of carbonyl (C=O) groups excluding carboxylic acids is 1. The Morgan fingerprint density at radius 3 is 3.00 bits per heavy atom. The molecule has 72 valence electrons. The molecule has 0 aromatic heterocycles. The Morgan fingerprint density at radius 2 is 2.36 bits per heavy atom. The molecule has 1 aromatic rings. The Labute approximate surface area is 95.6 Å². The summed E-state index contributed by atoms with van der Waals surface area (Å²) in [5.74, 6) is 2.02. The fraction of sp³-hybridized carbons (Fsp3) is 0.100. The number of nitrogens with one attached hydrogen (secondary N) is 1. The Kier molecular flexibility index (Phi) is 4.57. The van der Waals surface area contributed by atoms with Gasteiger partial charge in [-0.25, -0.2) is 0 Å². The van der Waals surface area contributed by atoms with Gasteiger partial charge in [0.15, 0.2) is 0 Å². The number of anilines is 1. The molecular weight excluding hydrogens is 262 g/mol. The molecule has 0 spiro atoms. The van der Waals surface area contributed by atoms with E-state index in [9.17, 15) is 4.79 Å². The molecule has 0 heterocycles. The van der Waals surface area contributed by atoms with Gasteiger partial charge in [0.25, 0.3) is 0 Å². The van der Waals surface area contributed by atoms with Gasteiger partial charge in [-0.3, -0.25) is 4.79 Å². The van der Waals surface area contributed by atoms with E-state index >= 15 is 0 Å². The lowest BCUT2D eigenvalue weighted by Gasteiger charge is -2.02. The van der Waals surface area contributed by atoms with Gasteiger partial charge in [0, 0.05) is 32.4 Å². The molecule has 2 nitrogen and oxygen atoms in total. The smallest absolute Gasteiger partial charge is 0.301 e. The Hall–Kier alpha value is -0.920. The Bertz CT molecular complexity index is 395. The van der Waals surface area contributed by atoms with Crippen LogP contribution in [0, 0.1) is 10.8 Å². The van der Waals surface area contributed by atoms with Gasteiger partial charge in [-0.05, 0) is 29.3 Å². The maximum absolute atomic E-state index is 11.1. The van der Waals surface area contributed by atoms with E-state index in [4.69, 9.17) is 0 Å². The van der Waals surface area contributed by atoms with Crippen molar-refractivity contribution in [1.29, 1.82) is 0 Å². The molecule has 1 aromatic carbocycles. The van der Waals surface area contributed by atoms with Crippen molar-refractivity contribution in [3.63, 3.8) is 0 Å². The van der Waals surface area contributed by atoms with E-state index in [-0.39, 0.29) is 5.91 Å². The quantitative estimate of drug-likeness (QED) is 0.661. The molecule has 0 saturated carbocycles. The van der Waals surface area contributed by atoms with Crippen LogP contribution in [0.2, 0.25) is 0 Å². The van der Waals surface area contributed by atoms with E-state index in [1.54, 1.807) is 11.8 Å². The first-order valence-electron chi connectivity index (χ1n) is 3.83. The average molecular weight is 270 g/mol. The van der Waals surface area contributed by atoms with E-state index in [0.29, 0.717) is 0 Å². The monoisotopic (exact) mass is 269 g/mol. The number of hydrogen-bond acceptors (Lipinski definition) is 2. The zero-order chi connectivity index (χ0) is 10.4. The summed E-state index contributed by atoms with van der Waals surface area (Å²) in [4.78, 5) is 14.6. The van der Waals surface area contributed by atoms with Gasteiger partial charge < -0.3 is 5.32 Å². The van der Waals surface area contributed by atoms with Gasteiger partial charge in [-0.1, -0.05) is 6.07 Å². The topological polar surface area (TPSA) is 29.1 Å². The molecule has 0 aliphatic heterocycles. The second-order valence-corrected chi connectivity index (χ2v) is 3.68. The molecule has 0 atom stereocenters. The van der Waals surface area contributed by atoms with Crippen LogP contribution in [-0.2, 0) is 4.79 Å². The summed E-state index contributed by atoms with van der Waals surface area (Å²) in [5.41, 5.74) is 0.761. The van der Waals surface area contributed by atoms with Crippen molar-refractivity contribution in [2.24, 2.45) is 0 Å². The number of rotatable bonds is 2. The lowest BCUT2D eigenvalue weighted by molar-refractivity contribution is -0.111. The number of benzene rings is 1. The van der Waals surface area contributed by atoms with Crippen molar-refractivity contribution >= 4 is 39.3 Å². The van der Waals surface area contributed by atoms with E-state index in [0.717, 1.165) is 10.6 Å². The SMILES string of the molecule is CSc1cccc(NC(=O)C#CBr)c1. The van der Waals surface area contributed by atoms with Gasteiger partial charge >= 0.3 is 5.91 Å². The third-order valence-corrected chi connectivity index (χ3v) is 2.41. The van der Waals surface area contributed by atoms with Crippen molar-refractivity contribution in [2.45, 2.75) is 4.90 Å². The third-order valence-electron chi connectivity index (χ3n) is 1.49. The van der Waals surface area contributed by atoms with E-state index in [2.05, 4.69) is 32.0 Å². The lowest BCUT2D eigenvalue weighted by atomic mass is 10.3. The molecule has 0 saturated heterocycles. The molecule has 0 aliphatic rings. The lowest BCUT2D eigenvalue weighted by Crippen LogP contribution is -2.07. The highest BCUT2D eigenvalue weighted by Crippen LogP contribution is 2.18. The molecule has 1 amide bonds. The standard InChI is InChI=1S/C10H8BrNOS/c1-14-9-4-2-3-8(7-9)12-10(13)5-6-11/h2-4,7H,1H3,(H,12,13). The second kappa shape index (κ2) is 5.74. The third kappa shape index (κ3) is 3.44. The first-order valence-corrected chi connectivity index (χ1v) is 5.84. The van der Waals surface area contributed by atoms with Crippen LogP contribution in [0.15, 0.2) is 29.2 Å². The number of amides is 1. The first kappa shape index (κ1) is 11.2. The summed E-state index contributed by atoms with van der Waals surface area (Å²) >= 11 is 4.49. The van der Waals surface area contributed by atoms with E-state index in [1.807, 2.05) is 30.5 Å². The highest BCUT2D eigenvalue weighted by molar-refractivity contribution is 9.12. The largest absolute Gasteiger partial charge is 0.315 e. The molecule has 14 heavy (non-hydrogen) atoms. The fourth-order valence-corrected chi connectivity index (χ4v) is 1.55. The summed E-state index contributed by atoms with van der Waals surface area (Å²) < 4.78 is 0. The zero-order valence-electron chi connectivity index (χ0n) is 7.50. The van der Waals surface area contributed by atoms with Crippen LogP contribution in [0.1, 0.15) is 0 Å². The zero-order valence-corrected chi connectivity index (χ0v) is 9.91. The van der Waals surface area contributed by atoms with Crippen molar-refractivity contribution in [3.05, 3.63) is 24.3 Å². The highest BCUT2D eigenvalue weighted by Gasteiger charge is 1.98. The fourth-order valence-electron chi connectivity index (χ4n) is 0.906. The molecule has 0 fully saturated rings. The molecular formula is C10H8BrNOS. The highest BCUT2D eigenvalue weighted by atomic mass is 79.9. The summed E-state index contributed by atoms with van der Waals surface area (Å²) in [6.07, 6.45) is 1.99. The van der Waals surface area contributed by atoms with Crippen LogP contribution >= 0.6 is 27.7 Å². The first-order chi connectivity index (χ1) is 6.76. The summed E-state index contributed by atoms with van der Waals surface area (Å²) in [6, 6.07) is 7.60. The number of halogens is 1. The normalized spacial score (nSPS) is 8.71. The Morgan fingerprint density at radius 1 is 1.57 bits per heavy atom. The van der Waals surface area contributed by atoms with E-state index < -0.39 is 0 Å². The van der Waals surface area contributed by atoms with Crippen molar-refractivity contribution in [3.8, 4) is 10.8 Å². The predicted molar refractivity (Wildman–Crippen MR) is 63.6 cm³/mol. The second-order valence-electron chi connectivity index (χ2n) is 2.41. The predicted octanol–water partition coefficient (Wildman–Crippen LogP) is 2.70. The molecule has 0 unspecified atom stereocenters. The van der Waals surface area contributed by atoms with Crippen LogP contribution in [-0.4, -0.2) is 12.2 Å². The van der Waals surface area contributed by atoms with Gasteiger partial charge in [0.05, 0.1) is 0 Å². The number of thioether (sulfide) groups is 1. The van der Waals surface area contributed by atoms with Crippen LogP contribution in [0.25, 0.3) is 0 Å². The van der Waals surface area contributed by atoms with Gasteiger partial charge in [-0.2, -0.15) is 0 Å². The van der Waals surface area contributed by atoms with Crippen molar-refractivity contribution in [2.75, 3.05) is 11.6 Å². The average Bonchev–Trinajstić information content (AvgIpc) is 2.18. The molecule has 0 bridgehead atoms. The molecule has 0 radical (unpaired) electrons. The van der Waals surface area contributed by atoms with E-state index in [1.165, 1.54) is 0 Å². The van der Waals surface area contributed by atoms with Crippen LogP contribution in [0.3, 0.4) is 0 Å². The minimum atomic E-state index is -0.319. The molecule has 1 N–H and O–H groups in total. The van der Waals surface area contributed by atoms with Crippen molar-refractivity contribution < 1.29 is 4.79 Å². The Balaban J connectivity index is 2.75. The minimum Gasteiger partial charge on any atom is -0.315 e. The summed E-state index contributed by atoms with van der Waals surface area (Å²) in [6.45, 7) is 0. The molecule has 4 heteroatoms. The summed E-state index contributed by atoms with van der Waals surface area (Å²) in [7, 11) is 0. The maximum Gasteiger partial charge on any atom is 0.301 e. The number of carbonyl (C=O) groups is 1. The van der Waals surface area contributed by atoms with Gasteiger partial charge in [-0.15, -0.1) is 11.8 Å². The van der Waals surface area contributed by atoms with Crippen LogP contribution in [0.4, 0.5) is 5.69 Å². The maximum atomic E-state index is 11.1. The van der Waals surface area contributed by atoms with Crippen molar-refractivity contribution in [1.82, 2.24) is 0 Å². The van der Waals surface area contributed by atoms with Crippen LogP contribution in [0.5, 0.6) is 0 Å². The molecule has 0 aliphatic carbocycles. The summed E-state index contributed by atoms with van der Waals surface area (Å²) in [5, 5.41) is 2.66. The van der Waals surface area contributed by atoms with Gasteiger partial charge in [0.1, 0.15) is 0 Å². The van der Waals surface area contributed by atoms with Crippen LogP contribution < -0.4 is 5.32 Å². The molecule has 1 rings (SSSR count). The number of hydrogen-bond donors (Lipinski definition) is 1.